The molecule has 0 atom stereocenters. The van der Waals surface area contributed by atoms with Crippen molar-refractivity contribution in [1.29, 1.82) is 0 Å². The molecule has 0 spiro atoms. The predicted molar refractivity (Wildman–Crippen MR) is 109 cm³/mol. The third-order valence-electron chi connectivity index (χ3n) is 4.47. The van der Waals surface area contributed by atoms with Crippen LogP contribution in [0.2, 0.25) is 0 Å². The van der Waals surface area contributed by atoms with Crippen molar-refractivity contribution in [3.8, 4) is 28.6 Å². The maximum absolute atomic E-state index is 12.6. The average Bonchev–Trinajstić information content (AvgIpc) is 3.25. The van der Waals surface area contributed by atoms with Gasteiger partial charge in [0.15, 0.2) is 11.5 Å². The van der Waals surface area contributed by atoms with Gasteiger partial charge >= 0.3 is 0 Å². The predicted octanol–water partition coefficient (Wildman–Crippen LogP) is 2.80. The van der Waals surface area contributed by atoms with E-state index in [-0.39, 0.29) is 17.3 Å². The molecule has 1 N–H and O–H groups in total. The number of sulfonamides is 1. The van der Waals surface area contributed by atoms with E-state index in [9.17, 15) is 8.42 Å². The molecule has 0 aliphatic carbocycles. The maximum Gasteiger partial charge on any atom is 0.242 e. The van der Waals surface area contributed by atoms with E-state index in [1.807, 2.05) is 6.92 Å². The van der Waals surface area contributed by atoms with Gasteiger partial charge in [0.05, 0.1) is 32.8 Å². The number of nitrogens with one attached hydrogen (secondary N) is 1. The average molecular weight is 433 g/mol. The number of nitrogens with zero attached hydrogens (tertiary/aromatic N) is 2. The number of hydrogen-bond acceptors (Lipinski definition) is 8. The molecule has 0 unspecified atom stereocenters. The monoisotopic (exact) mass is 433 g/mol. The molecule has 10 heteroatoms. The Balaban J connectivity index is 1.75. The molecule has 0 saturated carbocycles. The second-order valence-corrected chi connectivity index (χ2v) is 8.00. The largest absolute Gasteiger partial charge is 0.496 e. The van der Waals surface area contributed by atoms with Gasteiger partial charge in [-0.1, -0.05) is 12.1 Å². The Bertz CT molecular complexity index is 1130. The minimum Gasteiger partial charge on any atom is -0.496 e. The van der Waals surface area contributed by atoms with E-state index in [1.54, 1.807) is 44.6 Å². The van der Waals surface area contributed by atoms with Crippen LogP contribution in [0.4, 0.5) is 0 Å². The lowest BCUT2D eigenvalue weighted by molar-refractivity contribution is 0.355. The Morgan fingerprint density at radius 2 is 1.67 bits per heavy atom. The highest BCUT2D eigenvalue weighted by molar-refractivity contribution is 7.89. The first-order chi connectivity index (χ1) is 14.4. The van der Waals surface area contributed by atoms with Crippen molar-refractivity contribution in [3.63, 3.8) is 0 Å². The number of hydrogen-bond donors (Lipinski definition) is 1. The van der Waals surface area contributed by atoms with Crippen LogP contribution in [0.1, 0.15) is 18.4 Å². The number of aromatic nitrogens is 2. The first-order valence-electron chi connectivity index (χ1n) is 9.13. The van der Waals surface area contributed by atoms with Crippen LogP contribution in [0.3, 0.4) is 0 Å². The van der Waals surface area contributed by atoms with E-state index in [0.717, 1.165) is 5.56 Å². The summed E-state index contributed by atoms with van der Waals surface area (Å²) in [5, 5.41) is 3.91. The highest BCUT2D eigenvalue weighted by Crippen LogP contribution is 2.31. The maximum atomic E-state index is 12.6. The van der Waals surface area contributed by atoms with Gasteiger partial charge in [-0.15, -0.1) is 0 Å². The summed E-state index contributed by atoms with van der Waals surface area (Å²) < 4.78 is 48.6. The molecule has 3 aromatic rings. The summed E-state index contributed by atoms with van der Waals surface area (Å²) in [6.07, 6.45) is 0.644. The zero-order valence-corrected chi connectivity index (χ0v) is 17.9. The van der Waals surface area contributed by atoms with Crippen LogP contribution in [-0.2, 0) is 23.0 Å². The quantitative estimate of drug-likeness (QED) is 0.548. The lowest BCUT2D eigenvalue weighted by Crippen LogP contribution is -2.23. The summed E-state index contributed by atoms with van der Waals surface area (Å²) in [7, 11) is 0.860. The van der Waals surface area contributed by atoms with Gasteiger partial charge in [0.25, 0.3) is 0 Å². The summed E-state index contributed by atoms with van der Waals surface area (Å²) in [6.45, 7) is 1.78. The van der Waals surface area contributed by atoms with Gasteiger partial charge in [-0.2, -0.15) is 4.98 Å². The molecular weight excluding hydrogens is 410 g/mol. The molecule has 3 rings (SSSR count). The Hall–Kier alpha value is -3.11. The first-order valence-corrected chi connectivity index (χ1v) is 10.6. The molecule has 0 bridgehead atoms. The third-order valence-corrected chi connectivity index (χ3v) is 5.87. The van der Waals surface area contributed by atoms with Gasteiger partial charge in [0.1, 0.15) is 5.75 Å². The zero-order valence-electron chi connectivity index (χ0n) is 17.1. The molecule has 9 nitrogen and oxygen atoms in total. The van der Waals surface area contributed by atoms with Crippen molar-refractivity contribution in [1.82, 2.24) is 14.9 Å². The summed E-state index contributed by atoms with van der Waals surface area (Å²) in [5.74, 6) is 2.18. The highest BCUT2D eigenvalue weighted by atomic mass is 32.2. The lowest BCUT2D eigenvalue weighted by Gasteiger charge is -2.10. The van der Waals surface area contributed by atoms with Crippen LogP contribution in [0.25, 0.3) is 11.4 Å². The van der Waals surface area contributed by atoms with Gasteiger partial charge in [-0.3, -0.25) is 0 Å². The van der Waals surface area contributed by atoms with E-state index in [2.05, 4.69) is 14.9 Å². The third kappa shape index (κ3) is 4.55. The van der Waals surface area contributed by atoms with Gasteiger partial charge in [0, 0.05) is 5.56 Å². The molecular formula is C20H23N3O6S. The van der Waals surface area contributed by atoms with Gasteiger partial charge in [-0.05, 0) is 48.4 Å². The minimum atomic E-state index is -3.76. The summed E-state index contributed by atoms with van der Waals surface area (Å²) in [4.78, 5) is 4.39. The Morgan fingerprint density at radius 3 is 2.33 bits per heavy atom. The van der Waals surface area contributed by atoms with E-state index in [4.69, 9.17) is 18.7 Å². The Kier molecular flexibility index (Phi) is 6.58. The fourth-order valence-corrected chi connectivity index (χ4v) is 3.88. The van der Waals surface area contributed by atoms with Crippen molar-refractivity contribution < 1.29 is 27.2 Å². The fraction of sp³-hybridized carbons (Fsp3) is 0.300. The van der Waals surface area contributed by atoms with Crippen molar-refractivity contribution >= 4 is 10.0 Å². The normalized spacial score (nSPS) is 11.3. The topological polar surface area (TPSA) is 113 Å². The van der Waals surface area contributed by atoms with Gasteiger partial charge in [-0.25, -0.2) is 13.1 Å². The SMILES string of the molecule is CCc1cc(S(=O)(=O)NCc2nc(-c3ccc(OC)c(OC)c3)no2)ccc1OC. The molecule has 2 aromatic carbocycles. The highest BCUT2D eigenvalue weighted by Gasteiger charge is 2.18. The smallest absolute Gasteiger partial charge is 0.242 e. The molecule has 0 saturated heterocycles. The molecule has 1 heterocycles. The molecule has 0 amide bonds. The molecule has 160 valence electrons. The van der Waals surface area contributed by atoms with Crippen molar-refractivity contribution in [2.75, 3.05) is 21.3 Å². The summed E-state index contributed by atoms with van der Waals surface area (Å²) in [6, 6.07) is 9.90. The molecule has 0 aliphatic heterocycles. The number of rotatable bonds is 9. The van der Waals surface area contributed by atoms with Gasteiger partial charge < -0.3 is 18.7 Å². The number of aryl methyl sites for hydroxylation is 1. The fourth-order valence-electron chi connectivity index (χ4n) is 2.86. The van der Waals surface area contributed by atoms with Gasteiger partial charge in [0.2, 0.25) is 21.7 Å². The number of ether oxygens (including phenoxy) is 3. The van der Waals surface area contributed by atoms with Crippen molar-refractivity contribution in [3.05, 3.63) is 47.9 Å². The van der Waals surface area contributed by atoms with Crippen LogP contribution in [-0.4, -0.2) is 39.9 Å². The second kappa shape index (κ2) is 9.14. The van der Waals surface area contributed by atoms with E-state index in [1.165, 1.54) is 13.2 Å². The first kappa shape index (κ1) is 21.6. The summed E-state index contributed by atoms with van der Waals surface area (Å²) in [5.41, 5.74) is 1.45. The molecule has 0 radical (unpaired) electrons. The van der Waals surface area contributed by atoms with Crippen molar-refractivity contribution in [2.24, 2.45) is 0 Å². The van der Waals surface area contributed by atoms with Crippen LogP contribution in [0, 0.1) is 0 Å². The van der Waals surface area contributed by atoms with E-state index >= 15 is 0 Å². The van der Waals surface area contributed by atoms with E-state index < -0.39 is 10.0 Å². The van der Waals surface area contributed by atoms with Crippen LogP contribution in [0.15, 0.2) is 45.8 Å². The van der Waals surface area contributed by atoms with Crippen LogP contribution < -0.4 is 18.9 Å². The molecule has 30 heavy (non-hydrogen) atoms. The van der Waals surface area contributed by atoms with Crippen molar-refractivity contribution in [2.45, 2.75) is 24.8 Å². The van der Waals surface area contributed by atoms with Crippen LogP contribution in [0.5, 0.6) is 17.2 Å². The Labute approximate surface area is 175 Å². The number of methoxy groups -OCH3 is 3. The second-order valence-electron chi connectivity index (χ2n) is 6.23. The minimum absolute atomic E-state index is 0.132. The summed E-state index contributed by atoms with van der Waals surface area (Å²) >= 11 is 0. The molecule has 1 aromatic heterocycles. The lowest BCUT2D eigenvalue weighted by atomic mass is 10.1. The molecule has 0 aliphatic rings. The number of benzene rings is 2. The van der Waals surface area contributed by atoms with Crippen LogP contribution >= 0.6 is 0 Å². The standard InChI is InChI=1S/C20H23N3O6S/c1-5-13-10-15(7-9-16(13)26-2)30(24,25)21-12-19-22-20(23-29-19)14-6-8-17(27-3)18(11-14)28-4/h6-11,21H,5,12H2,1-4H3. The van der Waals surface area contributed by atoms with E-state index in [0.29, 0.717) is 35.1 Å². The zero-order chi connectivity index (χ0) is 21.7. The Morgan fingerprint density at radius 1 is 0.967 bits per heavy atom. The molecule has 0 fully saturated rings.